The number of amides is 1. The number of halogens is 1. The maximum absolute atomic E-state index is 12.7. The summed E-state index contributed by atoms with van der Waals surface area (Å²) in [5.74, 6) is -0.106. The van der Waals surface area contributed by atoms with E-state index in [1.807, 2.05) is 11.8 Å². The molecule has 118 valence electrons. The quantitative estimate of drug-likeness (QED) is 0.800. The molecule has 1 aliphatic rings. The van der Waals surface area contributed by atoms with Crippen molar-refractivity contribution in [2.45, 2.75) is 50.5 Å². The van der Waals surface area contributed by atoms with Gasteiger partial charge in [0.25, 0.3) is 15.0 Å². The monoisotopic (exact) mass is 332 g/mol. The molecule has 21 heavy (non-hydrogen) atoms. The SMILES string of the molecule is CCn1cc(S(=O)(=O)Cl)cc1C(=O)N1CCCCCCC1. The largest absolute Gasteiger partial charge is 0.342 e. The fourth-order valence-corrected chi connectivity index (χ4v) is 3.43. The number of carbonyl (C=O) groups is 1. The first-order valence-corrected chi connectivity index (χ1v) is 9.68. The summed E-state index contributed by atoms with van der Waals surface area (Å²) < 4.78 is 24.5. The van der Waals surface area contributed by atoms with E-state index in [1.54, 1.807) is 4.57 Å². The van der Waals surface area contributed by atoms with E-state index in [-0.39, 0.29) is 10.8 Å². The summed E-state index contributed by atoms with van der Waals surface area (Å²) in [6.07, 6.45) is 6.93. The molecule has 1 saturated heterocycles. The van der Waals surface area contributed by atoms with Crippen molar-refractivity contribution in [2.75, 3.05) is 13.1 Å². The number of likely N-dealkylation sites (tertiary alicyclic amines) is 1. The van der Waals surface area contributed by atoms with E-state index < -0.39 is 9.05 Å². The van der Waals surface area contributed by atoms with E-state index in [4.69, 9.17) is 10.7 Å². The Morgan fingerprint density at radius 1 is 1.19 bits per heavy atom. The van der Waals surface area contributed by atoms with Crippen LogP contribution in [0.3, 0.4) is 0 Å². The van der Waals surface area contributed by atoms with Gasteiger partial charge in [-0.05, 0) is 25.8 Å². The maximum atomic E-state index is 12.7. The van der Waals surface area contributed by atoms with E-state index in [1.165, 1.54) is 18.7 Å². The summed E-state index contributed by atoms with van der Waals surface area (Å²) in [6, 6.07) is 1.38. The van der Waals surface area contributed by atoms with Gasteiger partial charge in [0.05, 0.1) is 0 Å². The molecule has 1 fully saturated rings. The molecule has 2 heterocycles. The molecule has 2 rings (SSSR count). The minimum absolute atomic E-state index is 0.0126. The third-order valence-electron chi connectivity index (χ3n) is 3.86. The average molecular weight is 333 g/mol. The van der Waals surface area contributed by atoms with Gasteiger partial charge in [-0.15, -0.1) is 0 Å². The molecule has 0 bridgehead atoms. The van der Waals surface area contributed by atoms with Crippen LogP contribution in [0.4, 0.5) is 0 Å². The van der Waals surface area contributed by atoms with E-state index in [0.717, 1.165) is 38.8 Å². The number of carbonyl (C=O) groups excluding carboxylic acids is 1. The second-order valence-corrected chi connectivity index (χ2v) is 7.91. The van der Waals surface area contributed by atoms with Crippen molar-refractivity contribution in [1.82, 2.24) is 9.47 Å². The van der Waals surface area contributed by atoms with E-state index in [9.17, 15) is 13.2 Å². The molecule has 1 aromatic heterocycles. The fraction of sp³-hybridized carbons (Fsp3) is 0.643. The smallest absolute Gasteiger partial charge is 0.270 e. The van der Waals surface area contributed by atoms with E-state index in [2.05, 4.69) is 0 Å². The summed E-state index contributed by atoms with van der Waals surface area (Å²) in [5.41, 5.74) is 0.400. The van der Waals surface area contributed by atoms with Crippen LogP contribution in [0.2, 0.25) is 0 Å². The molecule has 1 aromatic rings. The number of aryl methyl sites for hydroxylation is 1. The Balaban J connectivity index is 2.26. The number of hydrogen-bond donors (Lipinski definition) is 0. The zero-order valence-electron chi connectivity index (χ0n) is 12.2. The van der Waals surface area contributed by atoms with Gasteiger partial charge >= 0.3 is 0 Å². The summed E-state index contributed by atoms with van der Waals surface area (Å²) in [5, 5.41) is 0. The van der Waals surface area contributed by atoms with Gasteiger partial charge in [0, 0.05) is 36.5 Å². The molecular weight excluding hydrogens is 312 g/mol. The van der Waals surface area contributed by atoms with Crippen LogP contribution >= 0.6 is 10.7 Å². The van der Waals surface area contributed by atoms with Crippen LogP contribution in [-0.2, 0) is 15.6 Å². The minimum Gasteiger partial charge on any atom is -0.342 e. The van der Waals surface area contributed by atoms with E-state index >= 15 is 0 Å². The van der Waals surface area contributed by atoms with Crippen molar-refractivity contribution >= 4 is 25.6 Å². The number of rotatable bonds is 3. The van der Waals surface area contributed by atoms with Gasteiger partial charge in [0.1, 0.15) is 10.6 Å². The van der Waals surface area contributed by atoms with Gasteiger partial charge in [0.2, 0.25) is 0 Å². The van der Waals surface area contributed by atoms with Gasteiger partial charge in [-0.1, -0.05) is 19.3 Å². The normalized spacial score (nSPS) is 17.3. The van der Waals surface area contributed by atoms with E-state index in [0.29, 0.717) is 12.2 Å². The van der Waals surface area contributed by atoms with Gasteiger partial charge < -0.3 is 9.47 Å². The number of aromatic nitrogens is 1. The third kappa shape index (κ3) is 4.01. The molecule has 5 nitrogen and oxygen atoms in total. The minimum atomic E-state index is -3.81. The predicted molar refractivity (Wildman–Crippen MR) is 82.1 cm³/mol. The Morgan fingerprint density at radius 2 is 1.76 bits per heavy atom. The maximum Gasteiger partial charge on any atom is 0.270 e. The topological polar surface area (TPSA) is 59.4 Å². The number of hydrogen-bond acceptors (Lipinski definition) is 3. The highest BCUT2D eigenvalue weighted by molar-refractivity contribution is 8.13. The average Bonchev–Trinajstić information content (AvgIpc) is 2.81. The zero-order valence-corrected chi connectivity index (χ0v) is 13.8. The van der Waals surface area contributed by atoms with Crippen molar-refractivity contribution in [3.05, 3.63) is 18.0 Å². The molecule has 0 atom stereocenters. The molecule has 0 radical (unpaired) electrons. The lowest BCUT2D eigenvalue weighted by Crippen LogP contribution is -2.35. The highest BCUT2D eigenvalue weighted by atomic mass is 35.7. The Bertz CT molecular complexity index is 602. The summed E-state index contributed by atoms with van der Waals surface area (Å²) in [6.45, 7) is 3.86. The summed E-state index contributed by atoms with van der Waals surface area (Å²) in [4.78, 5) is 14.5. The summed E-state index contributed by atoms with van der Waals surface area (Å²) in [7, 11) is 1.56. The van der Waals surface area contributed by atoms with Crippen LogP contribution in [0, 0.1) is 0 Å². The predicted octanol–water partition coefficient (Wildman–Crippen LogP) is 2.84. The first kappa shape index (κ1) is 16.4. The standard InChI is InChI=1S/C14H21ClN2O3S/c1-2-16-11-12(21(15,19)20)10-13(16)14(18)17-8-6-4-3-5-7-9-17/h10-11H,2-9H2,1H3. The lowest BCUT2D eigenvalue weighted by atomic mass is 10.1. The second kappa shape index (κ2) is 6.83. The van der Waals surface area contributed by atoms with Crippen molar-refractivity contribution in [3.8, 4) is 0 Å². The third-order valence-corrected chi connectivity index (χ3v) is 5.18. The van der Waals surface area contributed by atoms with Gasteiger partial charge in [-0.25, -0.2) is 8.42 Å². The molecule has 0 aromatic carbocycles. The lowest BCUT2D eigenvalue weighted by Gasteiger charge is -2.25. The van der Waals surface area contributed by atoms with Crippen molar-refractivity contribution in [3.63, 3.8) is 0 Å². The first-order chi connectivity index (χ1) is 9.93. The van der Waals surface area contributed by atoms with Crippen molar-refractivity contribution in [1.29, 1.82) is 0 Å². The van der Waals surface area contributed by atoms with Gasteiger partial charge in [-0.2, -0.15) is 0 Å². The van der Waals surface area contributed by atoms with Crippen LogP contribution in [0.15, 0.2) is 17.2 Å². The molecule has 0 N–H and O–H groups in total. The molecule has 0 unspecified atom stereocenters. The van der Waals surface area contributed by atoms with Crippen molar-refractivity contribution < 1.29 is 13.2 Å². The highest BCUT2D eigenvalue weighted by Crippen LogP contribution is 2.21. The van der Waals surface area contributed by atoms with Crippen LogP contribution in [0.1, 0.15) is 49.5 Å². The molecule has 0 aliphatic carbocycles. The zero-order chi connectivity index (χ0) is 15.5. The molecule has 1 aliphatic heterocycles. The van der Waals surface area contributed by atoms with Gasteiger partial charge in [-0.3, -0.25) is 4.79 Å². The second-order valence-electron chi connectivity index (χ2n) is 5.34. The van der Waals surface area contributed by atoms with Gasteiger partial charge in [0.15, 0.2) is 0 Å². The Hall–Kier alpha value is -1.01. The fourth-order valence-electron chi connectivity index (χ4n) is 2.67. The van der Waals surface area contributed by atoms with Crippen LogP contribution in [-0.4, -0.2) is 36.9 Å². The highest BCUT2D eigenvalue weighted by Gasteiger charge is 2.23. The molecule has 1 amide bonds. The first-order valence-electron chi connectivity index (χ1n) is 7.37. The lowest BCUT2D eigenvalue weighted by molar-refractivity contribution is 0.0731. The number of nitrogens with zero attached hydrogens (tertiary/aromatic N) is 2. The van der Waals surface area contributed by atoms with Crippen molar-refractivity contribution in [2.24, 2.45) is 0 Å². The Kier molecular flexibility index (Phi) is 5.32. The van der Waals surface area contributed by atoms with Crippen LogP contribution in [0.5, 0.6) is 0 Å². The summed E-state index contributed by atoms with van der Waals surface area (Å²) >= 11 is 0. The van der Waals surface area contributed by atoms with Crippen LogP contribution in [0.25, 0.3) is 0 Å². The van der Waals surface area contributed by atoms with Crippen LogP contribution < -0.4 is 0 Å². The molecule has 0 spiro atoms. The molecule has 0 saturated carbocycles. The Morgan fingerprint density at radius 3 is 2.29 bits per heavy atom. The molecular formula is C14H21ClN2O3S. The Labute approximate surface area is 130 Å². The molecule has 7 heteroatoms.